The van der Waals surface area contributed by atoms with Gasteiger partial charge < -0.3 is 14.1 Å². The Hall–Kier alpha value is -2.22. The Kier molecular flexibility index (Phi) is 6.30. The molecular weight excluding hydrogens is 344 g/mol. The Bertz CT molecular complexity index is 691. The van der Waals surface area contributed by atoms with Crippen molar-refractivity contribution < 1.29 is 23.5 Å². The van der Waals surface area contributed by atoms with E-state index in [-0.39, 0.29) is 17.6 Å². The van der Waals surface area contributed by atoms with Crippen LogP contribution < -0.4 is 4.90 Å². The molecule has 0 aliphatic carbocycles. The third-order valence-corrected chi connectivity index (χ3v) is 4.40. The zero-order chi connectivity index (χ0) is 18.6. The van der Waals surface area contributed by atoms with Crippen molar-refractivity contribution in [1.29, 1.82) is 0 Å². The Morgan fingerprint density at radius 1 is 1.32 bits per heavy atom. The zero-order valence-corrected chi connectivity index (χ0v) is 15.6. The van der Waals surface area contributed by atoms with Crippen LogP contribution in [0.4, 0.5) is 10.7 Å². The van der Waals surface area contributed by atoms with Crippen molar-refractivity contribution in [3.63, 3.8) is 0 Å². The maximum Gasteiger partial charge on any atom is 0.326 e. The Labute approximate surface area is 151 Å². The summed E-state index contributed by atoms with van der Waals surface area (Å²) in [5, 5.41) is -0.493. The molecule has 8 heteroatoms. The molecule has 0 bridgehead atoms. The fraction of sp³-hybridized carbons (Fsp3) is 0.471. The molecule has 0 unspecified atom stereocenters. The Balaban J connectivity index is 2.11. The van der Waals surface area contributed by atoms with E-state index in [1.807, 2.05) is 24.8 Å². The normalized spacial score (nSPS) is 16.2. The van der Waals surface area contributed by atoms with Crippen LogP contribution >= 0.6 is 11.8 Å². The number of thioether (sulfide) groups is 1. The molecule has 1 saturated heterocycles. The van der Waals surface area contributed by atoms with Crippen molar-refractivity contribution in [1.82, 2.24) is 4.90 Å². The van der Waals surface area contributed by atoms with Crippen molar-refractivity contribution >= 4 is 40.8 Å². The second kappa shape index (κ2) is 8.24. The SMILES string of the molecule is CCN(CC)c1ccc(/C=C2\SC(=O)N(CC(=O)OC(C)C)C2=O)o1. The van der Waals surface area contributed by atoms with Gasteiger partial charge in [0.05, 0.1) is 11.0 Å². The zero-order valence-electron chi connectivity index (χ0n) is 14.8. The smallest absolute Gasteiger partial charge is 0.326 e. The molecule has 1 aromatic heterocycles. The van der Waals surface area contributed by atoms with Gasteiger partial charge in [-0.25, -0.2) is 0 Å². The lowest BCUT2D eigenvalue weighted by molar-refractivity contribution is -0.149. The van der Waals surface area contributed by atoms with Crippen LogP contribution in [0.3, 0.4) is 0 Å². The lowest BCUT2D eigenvalue weighted by Crippen LogP contribution is -2.35. The Morgan fingerprint density at radius 2 is 2.00 bits per heavy atom. The monoisotopic (exact) mass is 366 g/mol. The molecule has 0 radical (unpaired) electrons. The fourth-order valence-electron chi connectivity index (χ4n) is 2.32. The molecule has 1 aliphatic rings. The number of anilines is 1. The quantitative estimate of drug-likeness (QED) is 0.542. The van der Waals surface area contributed by atoms with Crippen molar-refractivity contribution in [2.45, 2.75) is 33.8 Å². The molecule has 1 aliphatic heterocycles. The highest BCUT2D eigenvalue weighted by Gasteiger charge is 2.37. The topological polar surface area (TPSA) is 80.1 Å². The van der Waals surface area contributed by atoms with Crippen molar-refractivity contribution in [3.8, 4) is 0 Å². The van der Waals surface area contributed by atoms with Crippen molar-refractivity contribution in [3.05, 3.63) is 22.8 Å². The van der Waals surface area contributed by atoms with Gasteiger partial charge in [-0.15, -0.1) is 0 Å². The lowest BCUT2D eigenvalue weighted by atomic mass is 10.3. The van der Waals surface area contributed by atoms with E-state index >= 15 is 0 Å². The minimum absolute atomic E-state index is 0.225. The first-order chi connectivity index (χ1) is 11.8. The van der Waals surface area contributed by atoms with Gasteiger partial charge in [-0.2, -0.15) is 0 Å². The molecule has 25 heavy (non-hydrogen) atoms. The highest BCUT2D eigenvalue weighted by molar-refractivity contribution is 8.18. The van der Waals surface area contributed by atoms with Gasteiger partial charge in [0.15, 0.2) is 5.88 Å². The highest BCUT2D eigenvalue weighted by atomic mass is 32.2. The van der Waals surface area contributed by atoms with Gasteiger partial charge in [-0.05, 0) is 45.5 Å². The number of esters is 1. The minimum Gasteiger partial charge on any atom is -0.462 e. The lowest BCUT2D eigenvalue weighted by Gasteiger charge is -2.16. The summed E-state index contributed by atoms with van der Waals surface area (Å²) in [6, 6.07) is 3.57. The third kappa shape index (κ3) is 4.66. The average molecular weight is 366 g/mol. The molecule has 2 amide bonds. The molecule has 0 saturated carbocycles. The summed E-state index contributed by atoms with van der Waals surface area (Å²) in [5.74, 6) is 0.0602. The van der Waals surface area contributed by atoms with E-state index < -0.39 is 17.1 Å². The fourth-order valence-corrected chi connectivity index (χ4v) is 3.14. The molecule has 7 nitrogen and oxygen atoms in total. The number of hydrogen-bond acceptors (Lipinski definition) is 7. The largest absolute Gasteiger partial charge is 0.462 e. The number of imide groups is 1. The van der Waals surface area contributed by atoms with Crippen LogP contribution in [-0.4, -0.2) is 47.8 Å². The molecule has 2 heterocycles. The van der Waals surface area contributed by atoms with E-state index in [9.17, 15) is 14.4 Å². The summed E-state index contributed by atoms with van der Waals surface area (Å²) in [6.07, 6.45) is 1.22. The van der Waals surface area contributed by atoms with E-state index in [1.165, 1.54) is 6.08 Å². The predicted octanol–water partition coefficient (Wildman–Crippen LogP) is 3.11. The van der Waals surface area contributed by atoms with Gasteiger partial charge in [0.2, 0.25) is 0 Å². The molecular formula is C17H22N2O5S. The number of ether oxygens (including phenoxy) is 1. The maximum atomic E-state index is 12.4. The van der Waals surface area contributed by atoms with Crippen LogP contribution in [0.25, 0.3) is 6.08 Å². The van der Waals surface area contributed by atoms with Gasteiger partial charge in [-0.3, -0.25) is 19.3 Å². The van der Waals surface area contributed by atoms with Gasteiger partial charge >= 0.3 is 5.97 Å². The van der Waals surface area contributed by atoms with E-state index in [1.54, 1.807) is 19.9 Å². The van der Waals surface area contributed by atoms with Gasteiger partial charge in [0.25, 0.3) is 11.1 Å². The summed E-state index contributed by atoms with van der Waals surface area (Å²) in [4.78, 5) is 39.2. The molecule has 0 atom stereocenters. The van der Waals surface area contributed by atoms with Gasteiger partial charge in [-0.1, -0.05) is 0 Å². The molecule has 1 aromatic rings. The number of rotatable bonds is 7. The van der Waals surface area contributed by atoms with Gasteiger partial charge in [0, 0.05) is 25.2 Å². The first kappa shape index (κ1) is 19.1. The van der Waals surface area contributed by atoms with Crippen LogP contribution in [0.1, 0.15) is 33.5 Å². The summed E-state index contributed by atoms with van der Waals surface area (Å²) in [6.45, 7) is 8.67. The van der Waals surface area contributed by atoms with Crippen LogP contribution in [0.5, 0.6) is 0 Å². The number of carbonyl (C=O) groups is 3. The second-order valence-corrected chi connectivity index (χ2v) is 6.65. The van der Waals surface area contributed by atoms with Crippen LogP contribution in [0.15, 0.2) is 21.5 Å². The summed E-state index contributed by atoms with van der Waals surface area (Å²) in [5.41, 5.74) is 0. The number of carbonyl (C=O) groups excluding carboxylic acids is 3. The van der Waals surface area contributed by atoms with E-state index in [0.29, 0.717) is 11.6 Å². The van der Waals surface area contributed by atoms with Crippen LogP contribution in [0.2, 0.25) is 0 Å². The van der Waals surface area contributed by atoms with E-state index in [2.05, 4.69) is 0 Å². The number of furan rings is 1. The Morgan fingerprint density at radius 3 is 2.60 bits per heavy atom. The first-order valence-corrected chi connectivity index (χ1v) is 8.97. The summed E-state index contributed by atoms with van der Waals surface area (Å²) in [7, 11) is 0. The van der Waals surface area contributed by atoms with E-state index in [4.69, 9.17) is 9.15 Å². The number of hydrogen-bond donors (Lipinski definition) is 0. The van der Waals surface area contributed by atoms with Crippen molar-refractivity contribution in [2.75, 3.05) is 24.5 Å². The van der Waals surface area contributed by atoms with Crippen molar-refractivity contribution in [2.24, 2.45) is 0 Å². The third-order valence-electron chi connectivity index (χ3n) is 3.49. The van der Waals surface area contributed by atoms with Crippen LogP contribution in [0, 0.1) is 0 Å². The molecule has 136 valence electrons. The molecule has 2 rings (SSSR count). The number of nitrogens with zero attached hydrogens (tertiary/aromatic N) is 2. The summed E-state index contributed by atoms with van der Waals surface area (Å²) < 4.78 is 10.7. The number of amides is 2. The van der Waals surface area contributed by atoms with E-state index in [0.717, 1.165) is 29.8 Å². The molecule has 0 aromatic carbocycles. The predicted molar refractivity (Wildman–Crippen MR) is 96.2 cm³/mol. The van der Waals surface area contributed by atoms with Crippen LogP contribution in [-0.2, 0) is 14.3 Å². The van der Waals surface area contributed by atoms with Gasteiger partial charge in [0.1, 0.15) is 12.3 Å². The standard InChI is InChI=1S/C17H22N2O5S/c1-5-18(6-2)14-8-7-12(24-14)9-13-16(21)19(17(22)25-13)10-15(20)23-11(3)4/h7-9,11H,5-6,10H2,1-4H3/b13-9-. The second-order valence-electron chi connectivity index (χ2n) is 5.65. The highest BCUT2D eigenvalue weighted by Crippen LogP contribution is 2.33. The first-order valence-electron chi connectivity index (χ1n) is 8.15. The summed E-state index contributed by atoms with van der Waals surface area (Å²) >= 11 is 0.784. The molecule has 1 fully saturated rings. The minimum atomic E-state index is -0.611. The average Bonchev–Trinajstić information content (AvgIpc) is 3.09. The molecule has 0 N–H and O–H groups in total. The molecule has 0 spiro atoms. The maximum absolute atomic E-state index is 12.4.